The van der Waals surface area contributed by atoms with Crippen molar-refractivity contribution < 1.29 is 27.5 Å². The predicted octanol–water partition coefficient (Wildman–Crippen LogP) is 5.52. The number of ether oxygens (including phenoxy) is 2. The fraction of sp³-hybridized carbons (Fsp3) is 0.394. The molecule has 3 aromatic carbocycles. The first-order valence-corrected chi connectivity index (χ1v) is 15.9. The molecule has 3 rings (SSSR count). The van der Waals surface area contributed by atoms with Gasteiger partial charge in [0.15, 0.2) is 5.78 Å². The van der Waals surface area contributed by atoms with Crippen LogP contribution in [0.4, 0.5) is 4.79 Å². The van der Waals surface area contributed by atoms with Crippen LogP contribution in [-0.2, 0) is 43.7 Å². The van der Waals surface area contributed by atoms with E-state index in [4.69, 9.17) is 9.47 Å². The average molecular weight is 595 g/mol. The SMILES string of the molecule is CC(C)(C)OC(=O)N(CCCc1ccccc1)CS(=O)(=O)NCC(=O)C(CCc1ccccc1)OCc1ccccc1. The molecule has 0 bridgehead atoms. The normalized spacial score (nSPS) is 12.5. The van der Waals surface area contributed by atoms with Crippen LogP contribution in [0.5, 0.6) is 0 Å². The van der Waals surface area contributed by atoms with E-state index in [2.05, 4.69) is 4.72 Å². The minimum Gasteiger partial charge on any atom is -0.444 e. The van der Waals surface area contributed by atoms with E-state index in [0.717, 1.165) is 16.7 Å². The number of carbonyl (C=O) groups is 2. The largest absolute Gasteiger partial charge is 0.444 e. The van der Waals surface area contributed by atoms with Crippen LogP contribution in [0.15, 0.2) is 91.0 Å². The Balaban J connectivity index is 1.62. The highest BCUT2D eigenvalue weighted by molar-refractivity contribution is 7.89. The van der Waals surface area contributed by atoms with E-state index in [1.54, 1.807) is 20.8 Å². The summed E-state index contributed by atoms with van der Waals surface area (Å²) in [6.07, 6.45) is 0.703. The highest BCUT2D eigenvalue weighted by Gasteiger charge is 2.28. The first-order chi connectivity index (χ1) is 20.0. The maximum Gasteiger partial charge on any atom is 0.411 e. The zero-order valence-corrected chi connectivity index (χ0v) is 25.5. The Morgan fingerprint density at radius 2 is 1.33 bits per heavy atom. The van der Waals surface area contributed by atoms with Crippen LogP contribution in [0.1, 0.15) is 50.3 Å². The van der Waals surface area contributed by atoms with Crippen LogP contribution in [-0.4, -0.2) is 55.9 Å². The smallest absolute Gasteiger partial charge is 0.411 e. The van der Waals surface area contributed by atoms with Gasteiger partial charge in [-0.25, -0.2) is 17.9 Å². The van der Waals surface area contributed by atoms with E-state index in [-0.39, 0.29) is 18.9 Å². The molecule has 0 aromatic heterocycles. The van der Waals surface area contributed by atoms with Gasteiger partial charge in [-0.3, -0.25) is 9.69 Å². The van der Waals surface area contributed by atoms with Crippen molar-refractivity contribution in [2.24, 2.45) is 0 Å². The van der Waals surface area contributed by atoms with Crippen molar-refractivity contribution in [3.8, 4) is 0 Å². The van der Waals surface area contributed by atoms with Crippen LogP contribution in [0, 0.1) is 0 Å². The molecule has 0 radical (unpaired) electrons. The van der Waals surface area contributed by atoms with E-state index in [0.29, 0.717) is 25.7 Å². The molecular weight excluding hydrogens is 552 g/mol. The number of amides is 1. The van der Waals surface area contributed by atoms with E-state index in [9.17, 15) is 18.0 Å². The number of ketones is 1. The lowest BCUT2D eigenvalue weighted by molar-refractivity contribution is -0.130. The van der Waals surface area contributed by atoms with Crippen molar-refractivity contribution in [3.63, 3.8) is 0 Å². The van der Waals surface area contributed by atoms with E-state index in [1.165, 1.54) is 4.90 Å². The maximum atomic E-state index is 13.2. The van der Waals surface area contributed by atoms with Crippen molar-refractivity contribution in [3.05, 3.63) is 108 Å². The average Bonchev–Trinajstić information content (AvgIpc) is 2.96. The highest BCUT2D eigenvalue weighted by Crippen LogP contribution is 2.14. The minimum absolute atomic E-state index is 0.179. The van der Waals surface area contributed by atoms with Crippen molar-refractivity contribution in [2.75, 3.05) is 19.0 Å². The maximum absolute atomic E-state index is 13.2. The third kappa shape index (κ3) is 12.5. The first-order valence-electron chi connectivity index (χ1n) is 14.2. The molecule has 1 atom stereocenters. The summed E-state index contributed by atoms with van der Waals surface area (Å²) >= 11 is 0. The molecule has 0 saturated carbocycles. The molecule has 8 nitrogen and oxygen atoms in total. The van der Waals surface area contributed by atoms with Gasteiger partial charge < -0.3 is 9.47 Å². The Hall–Kier alpha value is -3.53. The van der Waals surface area contributed by atoms with Gasteiger partial charge in [-0.15, -0.1) is 0 Å². The summed E-state index contributed by atoms with van der Waals surface area (Å²) in [7, 11) is -4.04. The molecule has 1 unspecified atom stereocenters. The summed E-state index contributed by atoms with van der Waals surface area (Å²) in [5.74, 6) is -0.998. The van der Waals surface area contributed by atoms with E-state index in [1.807, 2.05) is 91.0 Å². The predicted molar refractivity (Wildman–Crippen MR) is 164 cm³/mol. The molecule has 42 heavy (non-hydrogen) atoms. The number of nitrogens with zero attached hydrogens (tertiary/aromatic N) is 1. The standard InChI is InChI=1S/C33H42N2O6S/c1-33(2,3)41-32(37)35(23-13-20-27-14-7-4-8-15-27)26-42(38,39)34-24-30(36)31(22-21-28-16-9-5-10-17-28)40-25-29-18-11-6-12-19-29/h4-12,14-19,31,34H,13,20-26H2,1-3H3. The Morgan fingerprint density at radius 3 is 1.88 bits per heavy atom. The van der Waals surface area contributed by atoms with Gasteiger partial charge in [0.2, 0.25) is 10.0 Å². The van der Waals surface area contributed by atoms with E-state index < -0.39 is 40.2 Å². The van der Waals surface area contributed by atoms with Gasteiger partial charge in [-0.05, 0) is 63.1 Å². The number of carbonyl (C=O) groups excluding carboxylic acids is 2. The van der Waals surface area contributed by atoms with Crippen molar-refractivity contribution >= 4 is 21.9 Å². The van der Waals surface area contributed by atoms with E-state index >= 15 is 0 Å². The Bertz CT molecular complexity index is 1300. The van der Waals surface area contributed by atoms with Crippen molar-refractivity contribution in [1.82, 2.24) is 9.62 Å². The number of Topliss-reactive ketones (excluding diaryl/α,β-unsaturated/α-hetero) is 1. The number of hydrogen-bond acceptors (Lipinski definition) is 6. The lowest BCUT2D eigenvalue weighted by Gasteiger charge is -2.27. The molecule has 3 aromatic rings. The molecule has 0 aliphatic rings. The Morgan fingerprint density at radius 1 is 0.810 bits per heavy atom. The zero-order chi connectivity index (χ0) is 30.4. The van der Waals surface area contributed by atoms with Crippen LogP contribution in [0.3, 0.4) is 0 Å². The number of aryl methyl sites for hydroxylation is 2. The lowest BCUT2D eigenvalue weighted by Crippen LogP contribution is -2.45. The fourth-order valence-electron chi connectivity index (χ4n) is 4.25. The van der Waals surface area contributed by atoms with Crippen LogP contribution in [0.25, 0.3) is 0 Å². The van der Waals surface area contributed by atoms with Gasteiger partial charge in [-0.2, -0.15) is 0 Å². The fourth-order valence-corrected chi connectivity index (χ4v) is 5.35. The molecule has 226 valence electrons. The number of sulfonamides is 1. The van der Waals surface area contributed by atoms with Gasteiger partial charge in [0, 0.05) is 6.54 Å². The number of hydrogen-bond donors (Lipinski definition) is 1. The minimum atomic E-state index is -4.04. The Labute approximate surface area is 250 Å². The molecular formula is C33H42N2O6S. The molecule has 0 spiro atoms. The number of rotatable bonds is 16. The van der Waals surface area contributed by atoms with Gasteiger partial charge in [0.25, 0.3) is 0 Å². The summed E-state index contributed by atoms with van der Waals surface area (Å²) in [5.41, 5.74) is 2.27. The first kappa shape index (κ1) is 33.0. The van der Waals surface area contributed by atoms with Crippen molar-refractivity contribution in [2.45, 2.75) is 64.8 Å². The van der Waals surface area contributed by atoms with Gasteiger partial charge in [-0.1, -0.05) is 91.0 Å². The van der Waals surface area contributed by atoms with Gasteiger partial charge in [0.1, 0.15) is 17.6 Å². The highest BCUT2D eigenvalue weighted by atomic mass is 32.2. The second-order valence-corrected chi connectivity index (χ2v) is 13.0. The molecule has 0 aliphatic heterocycles. The third-order valence-corrected chi connectivity index (χ3v) is 7.61. The quantitative estimate of drug-likeness (QED) is 0.234. The molecule has 0 fully saturated rings. The topological polar surface area (TPSA) is 102 Å². The monoisotopic (exact) mass is 594 g/mol. The van der Waals surface area contributed by atoms with Crippen molar-refractivity contribution in [1.29, 1.82) is 0 Å². The summed E-state index contributed by atoms with van der Waals surface area (Å²) in [6, 6.07) is 29.0. The molecule has 1 amide bonds. The Kier molecular flexibility index (Phi) is 12.7. The summed E-state index contributed by atoms with van der Waals surface area (Å²) < 4.78 is 40.0. The second-order valence-electron chi connectivity index (χ2n) is 11.2. The molecule has 0 saturated heterocycles. The summed E-state index contributed by atoms with van der Waals surface area (Å²) in [4.78, 5) is 27.3. The molecule has 0 heterocycles. The van der Waals surface area contributed by atoms with Crippen LogP contribution in [0.2, 0.25) is 0 Å². The number of nitrogens with one attached hydrogen (secondary N) is 1. The third-order valence-electron chi connectivity index (χ3n) is 6.37. The molecule has 9 heteroatoms. The molecule has 0 aliphatic carbocycles. The lowest BCUT2D eigenvalue weighted by atomic mass is 10.0. The van der Waals surface area contributed by atoms with Crippen LogP contribution >= 0.6 is 0 Å². The van der Waals surface area contributed by atoms with Crippen LogP contribution < -0.4 is 4.72 Å². The second kappa shape index (κ2) is 16.2. The summed E-state index contributed by atoms with van der Waals surface area (Å²) in [5, 5.41) is 0. The number of benzene rings is 3. The van der Waals surface area contributed by atoms with Gasteiger partial charge >= 0.3 is 6.09 Å². The summed E-state index contributed by atoms with van der Waals surface area (Å²) in [6.45, 7) is 5.14. The van der Waals surface area contributed by atoms with Gasteiger partial charge in [0.05, 0.1) is 13.2 Å². The zero-order valence-electron chi connectivity index (χ0n) is 24.7. The molecule has 1 N–H and O–H groups in total.